The van der Waals surface area contributed by atoms with Crippen LogP contribution in [-0.4, -0.2) is 57.3 Å². The fraction of sp³-hybridized carbons (Fsp3) is 0.821. The summed E-state index contributed by atoms with van der Waals surface area (Å²) in [6.07, 6.45) is 37.3. The zero-order valence-corrected chi connectivity index (χ0v) is 29.4. The lowest BCUT2D eigenvalue weighted by Gasteiger charge is -2.27. The molecule has 0 bridgehead atoms. The Balaban J connectivity index is 3.91. The number of aliphatic hydroxyl groups is 4. The average Bonchev–Trinajstić information content (AvgIpc) is 3.04. The van der Waals surface area contributed by atoms with Crippen molar-refractivity contribution in [1.82, 2.24) is 5.32 Å². The Morgan fingerprint density at radius 2 is 0.933 bits per heavy atom. The minimum absolute atomic E-state index is 0.352. The summed E-state index contributed by atoms with van der Waals surface area (Å²) in [6.45, 7) is 3.98. The van der Waals surface area contributed by atoms with E-state index in [9.17, 15) is 25.2 Å². The number of hydrogen-bond acceptors (Lipinski definition) is 5. The van der Waals surface area contributed by atoms with Crippen LogP contribution in [0, 0.1) is 0 Å². The standard InChI is InChI=1S/C39H73NO5/c1-3-5-7-9-11-13-15-17-19-21-22-24-26-28-30-32-36(42)38(44)35(34-41)40-39(45)37(43)33-31-29-27-25-23-20-18-16-14-12-10-8-6-4-2/h14,16-17,19,24,26,35-38,41-44H,3-13,15,18,20-23,25,27-34H2,1-2H3,(H,40,45)/b16-14-,19-17+,26-24+. The van der Waals surface area contributed by atoms with Crippen molar-refractivity contribution in [3.63, 3.8) is 0 Å². The summed E-state index contributed by atoms with van der Waals surface area (Å²) in [7, 11) is 0. The number of carbonyl (C=O) groups excluding carboxylic acids is 1. The number of aliphatic hydroxyl groups excluding tert-OH is 4. The fourth-order valence-electron chi connectivity index (χ4n) is 5.47. The molecule has 0 spiro atoms. The number of nitrogens with one attached hydrogen (secondary N) is 1. The number of allylic oxidation sites excluding steroid dienone is 6. The van der Waals surface area contributed by atoms with E-state index in [0.717, 1.165) is 51.4 Å². The van der Waals surface area contributed by atoms with Gasteiger partial charge >= 0.3 is 0 Å². The van der Waals surface area contributed by atoms with Crippen molar-refractivity contribution in [2.45, 2.75) is 199 Å². The van der Waals surface area contributed by atoms with Crippen LogP contribution in [0.5, 0.6) is 0 Å². The van der Waals surface area contributed by atoms with E-state index in [1.807, 2.05) is 0 Å². The minimum atomic E-state index is -1.29. The van der Waals surface area contributed by atoms with Gasteiger partial charge in [-0.1, -0.05) is 134 Å². The number of amides is 1. The largest absolute Gasteiger partial charge is 0.394 e. The lowest BCUT2D eigenvalue weighted by Crippen LogP contribution is -2.53. The van der Waals surface area contributed by atoms with Crippen molar-refractivity contribution in [1.29, 1.82) is 0 Å². The molecular formula is C39H73NO5. The van der Waals surface area contributed by atoms with E-state index in [1.165, 1.54) is 89.9 Å². The third-order valence-corrected chi connectivity index (χ3v) is 8.55. The van der Waals surface area contributed by atoms with Gasteiger partial charge in [0.05, 0.1) is 18.8 Å². The van der Waals surface area contributed by atoms with Gasteiger partial charge in [-0.2, -0.15) is 0 Å². The Morgan fingerprint density at radius 1 is 0.533 bits per heavy atom. The number of carbonyl (C=O) groups is 1. The van der Waals surface area contributed by atoms with Gasteiger partial charge < -0.3 is 25.7 Å². The molecule has 0 saturated heterocycles. The smallest absolute Gasteiger partial charge is 0.249 e. The van der Waals surface area contributed by atoms with Crippen LogP contribution >= 0.6 is 0 Å². The van der Waals surface area contributed by atoms with Crippen molar-refractivity contribution in [3.8, 4) is 0 Å². The second-order valence-corrected chi connectivity index (χ2v) is 12.9. The zero-order valence-electron chi connectivity index (χ0n) is 29.4. The molecule has 0 aromatic carbocycles. The van der Waals surface area contributed by atoms with E-state index in [-0.39, 0.29) is 0 Å². The molecule has 0 aliphatic carbocycles. The second-order valence-electron chi connectivity index (χ2n) is 12.9. The first-order valence-corrected chi connectivity index (χ1v) is 18.9. The molecule has 45 heavy (non-hydrogen) atoms. The predicted octanol–water partition coefficient (Wildman–Crippen LogP) is 9.01. The SMILES string of the molecule is CCCCCC/C=C\CCCCCCCCC(O)C(=O)NC(CO)C(O)C(O)CCC/C=C/CC/C=C/CCCCCCCC. The molecule has 4 atom stereocenters. The summed E-state index contributed by atoms with van der Waals surface area (Å²) in [5.41, 5.74) is 0. The summed E-state index contributed by atoms with van der Waals surface area (Å²) in [4.78, 5) is 12.4. The molecule has 6 nitrogen and oxygen atoms in total. The lowest BCUT2D eigenvalue weighted by molar-refractivity contribution is -0.132. The van der Waals surface area contributed by atoms with E-state index in [0.29, 0.717) is 19.3 Å². The molecule has 0 aliphatic heterocycles. The highest BCUT2D eigenvalue weighted by atomic mass is 16.3. The molecule has 4 unspecified atom stereocenters. The van der Waals surface area contributed by atoms with Crippen molar-refractivity contribution < 1.29 is 25.2 Å². The third-order valence-electron chi connectivity index (χ3n) is 8.55. The minimum Gasteiger partial charge on any atom is -0.394 e. The van der Waals surface area contributed by atoms with Gasteiger partial charge in [0.15, 0.2) is 0 Å². The highest BCUT2D eigenvalue weighted by molar-refractivity contribution is 5.80. The molecule has 0 heterocycles. The van der Waals surface area contributed by atoms with Crippen LogP contribution in [0.25, 0.3) is 0 Å². The van der Waals surface area contributed by atoms with Crippen molar-refractivity contribution >= 4 is 5.91 Å². The number of rotatable bonds is 33. The van der Waals surface area contributed by atoms with E-state index in [2.05, 4.69) is 55.6 Å². The van der Waals surface area contributed by atoms with Crippen LogP contribution in [0.4, 0.5) is 0 Å². The van der Waals surface area contributed by atoms with Crippen LogP contribution in [-0.2, 0) is 4.79 Å². The Kier molecular flexibility index (Phi) is 32.8. The van der Waals surface area contributed by atoms with Gasteiger partial charge in [0.1, 0.15) is 12.2 Å². The second kappa shape index (κ2) is 33.9. The topological polar surface area (TPSA) is 110 Å². The van der Waals surface area contributed by atoms with Crippen molar-refractivity contribution in [2.75, 3.05) is 6.61 Å². The Bertz CT molecular complexity index is 722. The van der Waals surface area contributed by atoms with Crippen LogP contribution < -0.4 is 5.32 Å². The highest BCUT2D eigenvalue weighted by Gasteiger charge is 2.28. The molecule has 0 aromatic heterocycles. The molecule has 1 amide bonds. The molecule has 264 valence electrons. The third kappa shape index (κ3) is 28.5. The summed E-state index contributed by atoms with van der Waals surface area (Å²) in [5.74, 6) is -0.606. The molecule has 0 rings (SSSR count). The van der Waals surface area contributed by atoms with Gasteiger partial charge in [-0.3, -0.25) is 4.79 Å². The van der Waals surface area contributed by atoms with Crippen LogP contribution in [0.2, 0.25) is 0 Å². The Hall–Kier alpha value is -1.47. The van der Waals surface area contributed by atoms with E-state index in [1.54, 1.807) is 0 Å². The van der Waals surface area contributed by atoms with Crippen LogP contribution in [0.1, 0.15) is 174 Å². The average molecular weight is 636 g/mol. The quantitative estimate of drug-likeness (QED) is 0.0365. The van der Waals surface area contributed by atoms with E-state index < -0.39 is 36.9 Å². The van der Waals surface area contributed by atoms with Crippen LogP contribution in [0.3, 0.4) is 0 Å². The molecule has 0 fully saturated rings. The van der Waals surface area contributed by atoms with Gasteiger partial charge in [-0.25, -0.2) is 0 Å². The van der Waals surface area contributed by atoms with E-state index >= 15 is 0 Å². The lowest BCUT2D eigenvalue weighted by atomic mass is 10.00. The Labute approximate surface area is 277 Å². The normalized spacial score (nSPS) is 14.9. The zero-order chi connectivity index (χ0) is 33.2. The molecule has 0 saturated carbocycles. The summed E-state index contributed by atoms with van der Waals surface area (Å²) in [5, 5.41) is 43.4. The van der Waals surface area contributed by atoms with Gasteiger partial charge in [0, 0.05) is 0 Å². The summed E-state index contributed by atoms with van der Waals surface area (Å²) in [6, 6.07) is -1.01. The van der Waals surface area contributed by atoms with Gasteiger partial charge in [0.25, 0.3) is 0 Å². The molecule has 0 aromatic rings. The number of unbranched alkanes of at least 4 members (excludes halogenated alkanes) is 18. The first-order chi connectivity index (χ1) is 22.0. The fourth-order valence-corrected chi connectivity index (χ4v) is 5.47. The van der Waals surface area contributed by atoms with Gasteiger partial charge in [0.2, 0.25) is 5.91 Å². The van der Waals surface area contributed by atoms with Crippen LogP contribution in [0.15, 0.2) is 36.5 Å². The van der Waals surface area contributed by atoms with Gasteiger partial charge in [-0.15, -0.1) is 0 Å². The number of hydrogen-bond donors (Lipinski definition) is 5. The molecule has 6 heteroatoms. The summed E-state index contributed by atoms with van der Waals surface area (Å²) < 4.78 is 0. The van der Waals surface area contributed by atoms with Gasteiger partial charge in [-0.05, 0) is 77.0 Å². The molecular weight excluding hydrogens is 562 g/mol. The molecule has 5 N–H and O–H groups in total. The predicted molar refractivity (Wildman–Crippen MR) is 191 cm³/mol. The van der Waals surface area contributed by atoms with Crippen molar-refractivity contribution in [3.05, 3.63) is 36.5 Å². The first kappa shape index (κ1) is 43.5. The first-order valence-electron chi connectivity index (χ1n) is 18.9. The van der Waals surface area contributed by atoms with E-state index in [4.69, 9.17) is 0 Å². The Morgan fingerprint density at radius 3 is 1.42 bits per heavy atom. The maximum absolute atomic E-state index is 12.4. The van der Waals surface area contributed by atoms with Crippen molar-refractivity contribution in [2.24, 2.45) is 0 Å². The molecule has 0 radical (unpaired) electrons. The highest BCUT2D eigenvalue weighted by Crippen LogP contribution is 2.13. The summed E-state index contributed by atoms with van der Waals surface area (Å²) >= 11 is 0. The monoisotopic (exact) mass is 636 g/mol. The maximum atomic E-state index is 12.4. The maximum Gasteiger partial charge on any atom is 0.249 e. The molecule has 0 aliphatic rings.